The van der Waals surface area contributed by atoms with Gasteiger partial charge in [0.1, 0.15) is 17.3 Å². The highest BCUT2D eigenvalue weighted by Gasteiger charge is 2.55. The van der Waals surface area contributed by atoms with Crippen LogP contribution in [0.25, 0.3) is 0 Å². The van der Waals surface area contributed by atoms with Crippen molar-refractivity contribution in [1.82, 2.24) is 4.57 Å². The maximum atomic E-state index is 13.1. The largest absolute Gasteiger partial charge is 0.328 e. The molecule has 0 unspecified atom stereocenters. The summed E-state index contributed by atoms with van der Waals surface area (Å²) < 4.78 is 2.68. The van der Waals surface area contributed by atoms with Crippen LogP contribution in [0.1, 0.15) is 43.9 Å². The topological polar surface area (TPSA) is 86.9 Å². The molecule has 1 aromatic heterocycles. The standard InChI is InChI=1S/C19H17BrN4O2/c1-18(2,3)24-9-10(8-21)15-16(24)23-14(25)7-19(15)12-6-11(20)4-5-13(12)22-17(19)26/h4-6,9H,7H2,1-3H3,(H,22,26)(H,23,25)/t19-/m0/s1. The Kier molecular flexibility index (Phi) is 3.38. The van der Waals surface area contributed by atoms with Crippen LogP contribution in [0.2, 0.25) is 0 Å². The lowest BCUT2D eigenvalue weighted by Crippen LogP contribution is -2.44. The van der Waals surface area contributed by atoms with E-state index in [1.165, 1.54) is 0 Å². The Balaban J connectivity index is 2.12. The SMILES string of the molecule is CC(C)(C)n1cc(C#N)c2c1NC(=O)C[C@@]21C(=O)Nc2ccc(Br)cc21. The Labute approximate surface area is 159 Å². The number of benzene rings is 1. The van der Waals surface area contributed by atoms with E-state index in [9.17, 15) is 14.9 Å². The van der Waals surface area contributed by atoms with Crippen LogP contribution in [0.3, 0.4) is 0 Å². The van der Waals surface area contributed by atoms with E-state index in [1.54, 1.807) is 6.20 Å². The van der Waals surface area contributed by atoms with Crippen molar-refractivity contribution >= 4 is 39.2 Å². The van der Waals surface area contributed by atoms with E-state index in [4.69, 9.17) is 0 Å². The third-order valence-corrected chi connectivity index (χ3v) is 5.53. The number of carbonyl (C=O) groups is 2. The minimum absolute atomic E-state index is 0.0296. The number of halogens is 1. The molecule has 2 aliphatic heterocycles. The third kappa shape index (κ3) is 2.08. The highest BCUT2D eigenvalue weighted by atomic mass is 79.9. The summed E-state index contributed by atoms with van der Waals surface area (Å²) in [6.45, 7) is 5.96. The zero-order valence-corrected chi connectivity index (χ0v) is 16.2. The number of hydrogen-bond acceptors (Lipinski definition) is 3. The van der Waals surface area contributed by atoms with Gasteiger partial charge in [0.2, 0.25) is 11.8 Å². The van der Waals surface area contributed by atoms with E-state index in [0.717, 1.165) is 10.0 Å². The number of anilines is 2. The van der Waals surface area contributed by atoms with Crippen molar-refractivity contribution in [1.29, 1.82) is 5.26 Å². The number of amides is 2. The van der Waals surface area contributed by atoms with Crippen LogP contribution in [0, 0.1) is 11.3 Å². The summed E-state index contributed by atoms with van der Waals surface area (Å²) in [5, 5.41) is 15.5. The first-order valence-electron chi connectivity index (χ1n) is 8.26. The Morgan fingerprint density at radius 3 is 2.65 bits per heavy atom. The average Bonchev–Trinajstić information content (AvgIpc) is 3.05. The van der Waals surface area contributed by atoms with Crippen molar-refractivity contribution in [3.63, 3.8) is 0 Å². The molecule has 0 radical (unpaired) electrons. The van der Waals surface area contributed by atoms with Gasteiger partial charge in [-0.2, -0.15) is 5.26 Å². The summed E-state index contributed by atoms with van der Waals surface area (Å²) in [6.07, 6.45) is 1.69. The van der Waals surface area contributed by atoms with Crippen molar-refractivity contribution < 1.29 is 9.59 Å². The number of nitrogens with zero attached hydrogens (tertiary/aromatic N) is 2. The number of rotatable bonds is 0. The molecule has 6 nitrogen and oxygen atoms in total. The number of hydrogen-bond donors (Lipinski definition) is 2. The van der Waals surface area contributed by atoms with Crippen LogP contribution in [-0.2, 0) is 20.5 Å². The fourth-order valence-electron chi connectivity index (χ4n) is 3.93. The van der Waals surface area contributed by atoms with E-state index in [0.29, 0.717) is 22.6 Å². The molecule has 0 saturated carbocycles. The van der Waals surface area contributed by atoms with Crippen LogP contribution >= 0.6 is 15.9 Å². The van der Waals surface area contributed by atoms with Crippen molar-refractivity contribution in [2.75, 3.05) is 10.6 Å². The van der Waals surface area contributed by atoms with Gasteiger partial charge in [-0.1, -0.05) is 15.9 Å². The maximum Gasteiger partial charge on any atom is 0.240 e. The van der Waals surface area contributed by atoms with Crippen LogP contribution in [0.15, 0.2) is 28.9 Å². The lowest BCUT2D eigenvalue weighted by molar-refractivity contribution is -0.125. The van der Waals surface area contributed by atoms with E-state index in [1.807, 2.05) is 43.5 Å². The van der Waals surface area contributed by atoms with Crippen molar-refractivity contribution in [2.45, 2.75) is 38.1 Å². The maximum absolute atomic E-state index is 13.1. The average molecular weight is 413 g/mol. The fourth-order valence-corrected chi connectivity index (χ4v) is 4.29. The van der Waals surface area contributed by atoms with Crippen molar-refractivity contribution in [3.8, 4) is 6.07 Å². The Hall–Kier alpha value is -2.59. The highest BCUT2D eigenvalue weighted by molar-refractivity contribution is 9.10. The molecular formula is C19H17BrN4O2. The molecule has 1 aromatic carbocycles. The molecule has 1 atom stereocenters. The molecule has 2 amide bonds. The Bertz CT molecular complexity index is 1030. The molecule has 2 aliphatic rings. The normalized spacial score (nSPS) is 21.0. The second-order valence-electron chi connectivity index (χ2n) is 7.69. The predicted octanol–water partition coefficient (Wildman–Crippen LogP) is 3.46. The second-order valence-corrected chi connectivity index (χ2v) is 8.61. The number of nitrogens with one attached hydrogen (secondary N) is 2. The van der Waals surface area contributed by atoms with Gasteiger partial charge in [-0.05, 0) is 44.5 Å². The van der Waals surface area contributed by atoms with Gasteiger partial charge in [0, 0.05) is 33.9 Å². The molecule has 2 aromatic rings. The summed E-state index contributed by atoms with van der Waals surface area (Å²) in [5.74, 6) is 0.00620. The molecule has 4 rings (SSSR count). The molecule has 7 heteroatoms. The number of nitriles is 1. The molecule has 0 aliphatic carbocycles. The smallest absolute Gasteiger partial charge is 0.240 e. The van der Waals surface area contributed by atoms with Gasteiger partial charge in [0.25, 0.3) is 0 Å². The fraction of sp³-hybridized carbons (Fsp3) is 0.316. The van der Waals surface area contributed by atoms with Gasteiger partial charge in [-0.3, -0.25) is 9.59 Å². The summed E-state index contributed by atoms with van der Waals surface area (Å²) in [7, 11) is 0. The molecule has 1 spiro atoms. The van der Waals surface area contributed by atoms with Gasteiger partial charge >= 0.3 is 0 Å². The quantitative estimate of drug-likeness (QED) is 0.694. The van der Waals surface area contributed by atoms with Crippen LogP contribution < -0.4 is 10.6 Å². The molecule has 3 heterocycles. The molecule has 0 saturated heterocycles. The van der Waals surface area contributed by atoms with Crippen molar-refractivity contribution in [3.05, 3.63) is 45.6 Å². The van der Waals surface area contributed by atoms with Gasteiger partial charge in [0.15, 0.2) is 0 Å². The molecule has 2 N–H and O–H groups in total. The zero-order chi connectivity index (χ0) is 18.9. The van der Waals surface area contributed by atoms with Crippen LogP contribution in [0.5, 0.6) is 0 Å². The van der Waals surface area contributed by atoms with E-state index >= 15 is 0 Å². The summed E-state index contributed by atoms with van der Waals surface area (Å²) in [5.41, 5.74) is 0.808. The molecule has 132 valence electrons. The van der Waals surface area contributed by atoms with E-state index in [-0.39, 0.29) is 23.8 Å². The lowest BCUT2D eigenvalue weighted by atomic mass is 9.70. The van der Waals surface area contributed by atoms with Gasteiger partial charge < -0.3 is 15.2 Å². The molecule has 0 bridgehead atoms. The first-order chi connectivity index (χ1) is 12.2. The van der Waals surface area contributed by atoms with Crippen LogP contribution in [0.4, 0.5) is 11.5 Å². The monoisotopic (exact) mass is 412 g/mol. The molecular weight excluding hydrogens is 396 g/mol. The highest BCUT2D eigenvalue weighted by Crippen LogP contribution is 2.52. The Morgan fingerprint density at radius 2 is 2.00 bits per heavy atom. The van der Waals surface area contributed by atoms with Crippen LogP contribution in [-0.4, -0.2) is 16.4 Å². The molecule has 26 heavy (non-hydrogen) atoms. The first-order valence-corrected chi connectivity index (χ1v) is 9.05. The van der Waals surface area contributed by atoms with E-state index < -0.39 is 5.41 Å². The minimum atomic E-state index is -1.20. The predicted molar refractivity (Wildman–Crippen MR) is 101 cm³/mol. The molecule has 0 fully saturated rings. The number of fused-ring (bicyclic) bond motifs is 4. The number of aromatic nitrogens is 1. The number of carbonyl (C=O) groups excluding carboxylic acids is 2. The van der Waals surface area contributed by atoms with Gasteiger partial charge in [-0.15, -0.1) is 0 Å². The van der Waals surface area contributed by atoms with E-state index in [2.05, 4.69) is 32.6 Å². The van der Waals surface area contributed by atoms with Gasteiger partial charge in [0.05, 0.1) is 5.56 Å². The third-order valence-electron chi connectivity index (χ3n) is 5.04. The second kappa shape index (κ2) is 5.21. The Morgan fingerprint density at radius 1 is 1.27 bits per heavy atom. The zero-order valence-electron chi connectivity index (χ0n) is 14.6. The lowest BCUT2D eigenvalue weighted by Gasteiger charge is -2.34. The summed E-state index contributed by atoms with van der Waals surface area (Å²) >= 11 is 3.45. The summed E-state index contributed by atoms with van der Waals surface area (Å²) in [6, 6.07) is 7.72. The van der Waals surface area contributed by atoms with Gasteiger partial charge in [-0.25, -0.2) is 0 Å². The first kappa shape index (κ1) is 16.9. The van der Waals surface area contributed by atoms with Crippen molar-refractivity contribution in [2.24, 2.45) is 0 Å². The minimum Gasteiger partial charge on any atom is -0.328 e. The summed E-state index contributed by atoms with van der Waals surface area (Å²) in [4.78, 5) is 25.7.